The van der Waals surface area contributed by atoms with Crippen LogP contribution in [-0.4, -0.2) is 35.6 Å². The lowest BCUT2D eigenvalue weighted by atomic mass is 9.93. The maximum Gasteiger partial charge on any atom is 0.124 e. The lowest BCUT2D eigenvalue weighted by molar-refractivity contribution is 0.156. The number of hydrogen-bond donors (Lipinski definition) is 1. The number of benzene rings is 1. The van der Waals surface area contributed by atoms with Gasteiger partial charge in [-0.1, -0.05) is 6.07 Å². The molecule has 2 aliphatic heterocycles. The fourth-order valence-corrected chi connectivity index (χ4v) is 3.86. The summed E-state index contributed by atoms with van der Waals surface area (Å²) in [6, 6.07) is 7.71. The number of nitrogens with one attached hydrogen (secondary N) is 1. The summed E-state index contributed by atoms with van der Waals surface area (Å²) in [6.07, 6.45) is 4.26. The Morgan fingerprint density at radius 3 is 3.24 bits per heavy atom. The standard InChI is InChI=1S/C17H20FN3/c18-15-8-12-2-1-5-20-17(12)14(9-15)11-21-7-4-16-13(10-21)3-6-19-16/h1-2,5,8-9,13,16,19H,3-4,6-7,10-11H2. The average molecular weight is 285 g/mol. The normalized spacial score (nSPS) is 26.1. The largest absolute Gasteiger partial charge is 0.314 e. The van der Waals surface area contributed by atoms with Gasteiger partial charge in [0, 0.05) is 30.7 Å². The predicted octanol–water partition coefficient (Wildman–Crippen LogP) is 2.56. The van der Waals surface area contributed by atoms with E-state index >= 15 is 0 Å². The first-order valence-corrected chi connectivity index (χ1v) is 7.78. The molecule has 1 N–H and O–H groups in total. The topological polar surface area (TPSA) is 28.2 Å². The van der Waals surface area contributed by atoms with Gasteiger partial charge in [-0.3, -0.25) is 9.88 Å². The lowest BCUT2D eigenvalue weighted by Crippen LogP contribution is -2.43. The minimum atomic E-state index is -0.164. The summed E-state index contributed by atoms with van der Waals surface area (Å²) in [5.41, 5.74) is 1.94. The zero-order chi connectivity index (χ0) is 14.2. The first-order chi connectivity index (χ1) is 10.3. The van der Waals surface area contributed by atoms with Crippen LogP contribution in [0.25, 0.3) is 10.9 Å². The van der Waals surface area contributed by atoms with E-state index in [4.69, 9.17) is 0 Å². The molecule has 0 amide bonds. The molecule has 2 aromatic rings. The van der Waals surface area contributed by atoms with Crippen LogP contribution in [0.2, 0.25) is 0 Å². The van der Waals surface area contributed by atoms with Crippen LogP contribution in [0.1, 0.15) is 18.4 Å². The summed E-state index contributed by atoms with van der Waals surface area (Å²) in [7, 11) is 0. The van der Waals surface area contributed by atoms with Crippen LogP contribution in [0.15, 0.2) is 30.5 Å². The molecule has 4 rings (SSSR count). The molecule has 2 saturated heterocycles. The van der Waals surface area contributed by atoms with E-state index in [1.807, 2.05) is 12.1 Å². The third-order valence-electron chi connectivity index (χ3n) is 4.88. The highest BCUT2D eigenvalue weighted by atomic mass is 19.1. The summed E-state index contributed by atoms with van der Waals surface area (Å²) < 4.78 is 13.8. The molecule has 0 radical (unpaired) electrons. The van der Waals surface area contributed by atoms with E-state index in [9.17, 15) is 4.39 Å². The predicted molar refractivity (Wildman–Crippen MR) is 81.5 cm³/mol. The van der Waals surface area contributed by atoms with Crippen LogP contribution in [0.4, 0.5) is 4.39 Å². The van der Waals surface area contributed by atoms with Crippen LogP contribution in [0, 0.1) is 11.7 Å². The molecule has 2 atom stereocenters. The van der Waals surface area contributed by atoms with Crippen molar-refractivity contribution in [1.29, 1.82) is 0 Å². The summed E-state index contributed by atoms with van der Waals surface area (Å²) in [4.78, 5) is 6.90. The number of hydrogen-bond acceptors (Lipinski definition) is 3. The highest BCUT2D eigenvalue weighted by Crippen LogP contribution is 2.27. The molecule has 21 heavy (non-hydrogen) atoms. The molecule has 2 aliphatic rings. The van der Waals surface area contributed by atoms with E-state index in [-0.39, 0.29) is 5.82 Å². The molecule has 3 heterocycles. The molecule has 1 aromatic carbocycles. The Labute approximate surface area is 124 Å². The number of nitrogens with zero attached hydrogens (tertiary/aromatic N) is 2. The van der Waals surface area contributed by atoms with Gasteiger partial charge < -0.3 is 5.32 Å². The summed E-state index contributed by atoms with van der Waals surface area (Å²) in [5.74, 6) is 0.592. The molecule has 2 unspecified atom stereocenters. The second-order valence-electron chi connectivity index (χ2n) is 6.27. The van der Waals surface area contributed by atoms with Crippen molar-refractivity contribution in [3.63, 3.8) is 0 Å². The molecular formula is C17H20FN3. The summed E-state index contributed by atoms with van der Waals surface area (Å²) in [6.45, 7) is 4.14. The van der Waals surface area contributed by atoms with Gasteiger partial charge in [0.2, 0.25) is 0 Å². The first-order valence-electron chi connectivity index (χ1n) is 7.78. The quantitative estimate of drug-likeness (QED) is 0.919. The van der Waals surface area contributed by atoms with Gasteiger partial charge in [0.25, 0.3) is 0 Å². The maximum atomic E-state index is 13.8. The summed E-state index contributed by atoms with van der Waals surface area (Å²) in [5, 5.41) is 4.48. The monoisotopic (exact) mass is 285 g/mol. The number of fused-ring (bicyclic) bond motifs is 2. The van der Waals surface area contributed by atoms with E-state index in [2.05, 4.69) is 15.2 Å². The molecule has 0 bridgehead atoms. The van der Waals surface area contributed by atoms with Crippen LogP contribution in [0.5, 0.6) is 0 Å². The second kappa shape index (κ2) is 5.35. The number of pyridine rings is 1. The highest BCUT2D eigenvalue weighted by molar-refractivity contribution is 5.81. The first kappa shape index (κ1) is 13.2. The SMILES string of the molecule is Fc1cc(CN2CCC3NCCC3C2)c2ncccc2c1. The number of halogens is 1. The minimum absolute atomic E-state index is 0.164. The van der Waals surface area contributed by atoms with Gasteiger partial charge in [0.05, 0.1) is 5.52 Å². The minimum Gasteiger partial charge on any atom is -0.314 e. The second-order valence-corrected chi connectivity index (χ2v) is 6.27. The van der Waals surface area contributed by atoms with Crippen LogP contribution < -0.4 is 5.32 Å². The highest BCUT2D eigenvalue weighted by Gasteiger charge is 2.32. The molecule has 2 fully saturated rings. The van der Waals surface area contributed by atoms with Crippen molar-refractivity contribution in [1.82, 2.24) is 15.2 Å². The molecule has 1 aromatic heterocycles. The van der Waals surface area contributed by atoms with Crippen molar-refractivity contribution in [2.45, 2.75) is 25.4 Å². The van der Waals surface area contributed by atoms with E-state index in [0.717, 1.165) is 48.6 Å². The van der Waals surface area contributed by atoms with Gasteiger partial charge in [0.15, 0.2) is 0 Å². The van der Waals surface area contributed by atoms with Crippen LogP contribution in [0.3, 0.4) is 0 Å². The Balaban J connectivity index is 1.59. The number of aromatic nitrogens is 1. The Hall–Kier alpha value is -1.52. The van der Waals surface area contributed by atoms with Crippen molar-refractivity contribution < 1.29 is 4.39 Å². The lowest BCUT2D eigenvalue weighted by Gasteiger charge is -2.35. The third kappa shape index (κ3) is 2.54. The van der Waals surface area contributed by atoms with Gasteiger partial charge in [-0.2, -0.15) is 0 Å². The van der Waals surface area contributed by atoms with Crippen molar-refractivity contribution >= 4 is 10.9 Å². The number of rotatable bonds is 2. The number of likely N-dealkylation sites (tertiary alicyclic amines) is 1. The molecule has 0 spiro atoms. The van der Waals surface area contributed by atoms with Crippen molar-refractivity contribution in [2.24, 2.45) is 5.92 Å². The van der Waals surface area contributed by atoms with Crippen molar-refractivity contribution in [3.05, 3.63) is 41.8 Å². The molecular weight excluding hydrogens is 265 g/mol. The smallest absolute Gasteiger partial charge is 0.124 e. The average Bonchev–Trinajstić information content (AvgIpc) is 2.94. The van der Waals surface area contributed by atoms with Gasteiger partial charge in [0.1, 0.15) is 5.82 Å². The molecule has 110 valence electrons. The third-order valence-corrected chi connectivity index (χ3v) is 4.88. The van der Waals surface area contributed by atoms with E-state index < -0.39 is 0 Å². The van der Waals surface area contributed by atoms with E-state index in [1.165, 1.54) is 12.8 Å². The Kier molecular flexibility index (Phi) is 3.36. The molecule has 3 nitrogen and oxygen atoms in total. The zero-order valence-corrected chi connectivity index (χ0v) is 12.1. The Bertz CT molecular complexity index is 658. The van der Waals surface area contributed by atoms with Crippen LogP contribution >= 0.6 is 0 Å². The fraction of sp³-hybridized carbons (Fsp3) is 0.471. The van der Waals surface area contributed by atoms with Gasteiger partial charge in [-0.25, -0.2) is 4.39 Å². The Morgan fingerprint density at radius 1 is 1.33 bits per heavy atom. The van der Waals surface area contributed by atoms with Gasteiger partial charge in [-0.05, 0) is 55.6 Å². The van der Waals surface area contributed by atoms with Gasteiger partial charge >= 0.3 is 0 Å². The van der Waals surface area contributed by atoms with Crippen LogP contribution in [-0.2, 0) is 6.54 Å². The van der Waals surface area contributed by atoms with Crippen molar-refractivity contribution in [3.8, 4) is 0 Å². The molecule has 0 saturated carbocycles. The van der Waals surface area contributed by atoms with E-state index in [0.29, 0.717) is 6.04 Å². The maximum absolute atomic E-state index is 13.8. The van der Waals surface area contributed by atoms with Crippen molar-refractivity contribution in [2.75, 3.05) is 19.6 Å². The van der Waals surface area contributed by atoms with Gasteiger partial charge in [-0.15, -0.1) is 0 Å². The molecule has 4 heteroatoms. The number of piperidine rings is 1. The zero-order valence-electron chi connectivity index (χ0n) is 12.1. The summed E-state index contributed by atoms with van der Waals surface area (Å²) >= 11 is 0. The Morgan fingerprint density at radius 2 is 2.29 bits per heavy atom. The molecule has 0 aliphatic carbocycles. The van der Waals surface area contributed by atoms with E-state index in [1.54, 1.807) is 18.3 Å². The fourth-order valence-electron chi connectivity index (χ4n) is 3.86.